The Balaban J connectivity index is 0.00000196. The van der Waals surface area contributed by atoms with Gasteiger partial charge in [-0.25, -0.2) is 8.78 Å². The van der Waals surface area contributed by atoms with Gasteiger partial charge in [-0.15, -0.1) is 12.4 Å². The molecule has 0 aliphatic rings. The van der Waals surface area contributed by atoms with E-state index < -0.39 is 6.43 Å². The number of nitrogens with zero attached hydrogens (tertiary/aromatic N) is 2. The predicted molar refractivity (Wildman–Crippen MR) is 58.9 cm³/mol. The van der Waals surface area contributed by atoms with E-state index in [1.807, 2.05) is 0 Å². The summed E-state index contributed by atoms with van der Waals surface area (Å²) in [6, 6.07) is 0. The zero-order chi connectivity index (χ0) is 10.4. The molecule has 1 rings (SSSR count). The highest BCUT2D eigenvalue weighted by Gasteiger charge is 2.04. The molecule has 1 aromatic heterocycles. The fourth-order valence-electron chi connectivity index (χ4n) is 1.11. The molecule has 0 saturated carbocycles. The second-order valence-electron chi connectivity index (χ2n) is 3.12. The van der Waals surface area contributed by atoms with E-state index in [-0.39, 0.29) is 19.0 Å². The zero-order valence-electron chi connectivity index (χ0n) is 8.62. The monoisotopic (exact) mass is 239 g/mol. The van der Waals surface area contributed by atoms with Crippen molar-refractivity contribution in [1.29, 1.82) is 0 Å². The van der Waals surface area contributed by atoms with Crippen LogP contribution in [0.15, 0.2) is 12.4 Å². The first-order chi connectivity index (χ1) is 6.72. The Bertz CT molecular complexity index is 266. The van der Waals surface area contributed by atoms with Crippen LogP contribution >= 0.6 is 12.4 Å². The molecule has 0 saturated heterocycles. The average Bonchev–Trinajstić information content (AvgIpc) is 2.52. The molecule has 0 aliphatic heterocycles. The number of hydrogen-bond acceptors (Lipinski definition) is 2. The van der Waals surface area contributed by atoms with Gasteiger partial charge in [-0.05, 0) is 6.42 Å². The maximum atomic E-state index is 12.0. The van der Waals surface area contributed by atoms with E-state index >= 15 is 0 Å². The van der Waals surface area contributed by atoms with Crippen LogP contribution in [0.5, 0.6) is 0 Å². The van der Waals surface area contributed by atoms with Crippen molar-refractivity contribution in [3.05, 3.63) is 12.4 Å². The molecular formula is C9H16ClF2N3. The first-order valence-electron chi connectivity index (χ1n) is 4.77. The summed E-state index contributed by atoms with van der Waals surface area (Å²) in [5, 5.41) is 6.92. The topological polar surface area (TPSA) is 29.9 Å². The van der Waals surface area contributed by atoms with Gasteiger partial charge < -0.3 is 5.32 Å². The smallest absolute Gasteiger partial charge is 0.257 e. The maximum Gasteiger partial charge on any atom is 0.257 e. The number of nitrogens with one attached hydrogen (secondary N) is 1. The van der Waals surface area contributed by atoms with Crippen LogP contribution in [0.3, 0.4) is 0 Å². The third-order valence-electron chi connectivity index (χ3n) is 1.82. The number of aromatic nitrogens is 2. The highest BCUT2D eigenvalue weighted by molar-refractivity contribution is 5.85. The fourth-order valence-corrected chi connectivity index (χ4v) is 1.11. The Hall–Kier alpha value is -0.840. The Morgan fingerprint density at radius 3 is 2.87 bits per heavy atom. The molecule has 0 radical (unpaired) electrons. The quantitative estimate of drug-likeness (QED) is 0.774. The normalized spacial score (nSPS) is 10.1. The minimum atomic E-state index is -2.35. The van der Waals surface area contributed by atoms with Gasteiger partial charge in [0, 0.05) is 12.7 Å². The molecule has 0 bridgehead atoms. The summed E-state index contributed by atoms with van der Waals surface area (Å²) >= 11 is 0. The van der Waals surface area contributed by atoms with E-state index in [9.17, 15) is 8.78 Å². The molecule has 1 aromatic rings. The Morgan fingerprint density at radius 1 is 1.53 bits per heavy atom. The van der Waals surface area contributed by atoms with Gasteiger partial charge in [0.05, 0.1) is 11.9 Å². The minimum Gasteiger partial charge on any atom is -0.383 e. The van der Waals surface area contributed by atoms with E-state index in [1.165, 1.54) is 4.68 Å². The highest BCUT2D eigenvalue weighted by Crippen LogP contribution is 2.06. The second-order valence-corrected chi connectivity index (χ2v) is 3.12. The van der Waals surface area contributed by atoms with Crippen molar-refractivity contribution in [1.82, 2.24) is 9.78 Å². The summed E-state index contributed by atoms with van der Waals surface area (Å²) in [6.07, 6.45) is 3.00. The Morgan fingerprint density at radius 2 is 2.27 bits per heavy atom. The van der Waals surface area contributed by atoms with Crippen molar-refractivity contribution in [2.24, 2.45) is 0 Å². The van der Waals surface area contributed by atoms with Crippen LogP contribution in [0.25, 0.3) is 0 Å². The summed E-state index contributed by atoms with van der Waals surface area (Å²) < 4.78 is 25.2. The van der Waals surface area contributed by atoms with Crippen LogP contribution in [-0.4, -0.2) is 22.8 Å². The molecule has 0 atom stereocenters. The molecule has 0 amide bonds. The van der Waals surface area contributed by atoms with Crippen molar-refractivity contribution >= 4 is 18.1 Å². The van der Waals surface area contributed by atoms with Gasteiger partial charge in [-0.1, -0.05) is 13.3 Å². The van der Waals surface area contributed by atoms with Gasteiger partial charge in [-0.3, -0.25) is 4.68 Å². The molecule has 0 spiro atoms. The molecule has 0 aromatic carbocycles. The predicted octanol–water partition coefficient (Wildman–Crippen LogP) is 2.78. The van der Waals surface area contributed by atoms with Gasteiger partial charge in [0.25, 0.3) is 6.43 Å². The Kier molecular flexibility index (Phi) is 7.03. The zero-order valence-corrected chi connectivity index (χ0v) is 9.44. The van der Waals surface area contributed by atoms with Crippen molar-refractivity contribution in [2.45, 2.75) is 32.7 Å². The summed E-state index contributed by atoms with van der Waals surface area (Å²) in [6.45, 7) is 2.62. The molecule has 3 nitrogen and oxygen atoms in total. The van der Waals surface area contributed by atoms with Crippen LogP contribution in [0.4, 0.5) is 14.5 Å². The summed E-state index contributed by atoms with van der Waals surface area (Å²) in [5.74, 6) is 0. The van der Waals surface area contributed by atoms with E-state index in [2.05, 4.69) is 17.3 Å². The first-order valence-corrected chi connectivity index (χ1v) is 4.77. The van der Waals surface area contributed by atoms with Crippen LogP contribution in [0, 0.1) is 0 Å². The van der Waals surface area contributed by atoms with Gasteiger partial charge in [0.2, 0.25) is 0 Å². The van der Waals surface area contributed by atoms with E-state index in [0.717, 1.165) is 25.1 Å². The van der Waals surface area contributed by atoms with Gasteiger partial charge in [0.15, 0.2) is 0 Å². The molecule has 0 aliphatic carbocycles. The summed E-state index contributed by atoms with van der Waals surface area (Å²) in [7, 11) is 0. The van der Waals surface area contributed by atoms with Gasteiger partial charge in [-0.2, -0.15) is 5.10 Å². The largest absolute Gasteiger partial charge is 0.383 e. The number of halogens is 3. The van der Waals surface area contributed by atoms with E-state index in [4.69, 9.17) is 0 Å². The van der Waals surface area contributed by atoms with Crippen molar-refractivity contribution in [3.8, 4) is 0 Å². The van der Waals surface area contributed by atoms with Crippen molar-refractivity contribution in [3.63, 3.8) is 0 Å². The Labute approximate surface area is 94.3 Å². The molecule has 6 heteroatoms. The van der Waals surface area contributed by atoms with Gasteiger partial charge >= 0.3 is 0 Å². The average molecular weight is 240 g/mol. The van der Waals surface area contributed by atoms with Crippen LogP contribution in [0.2, 0.25) is 0 Å². The van der Waals surface area contributed by atoms with E-state index in [0.29, 0.717) is 0 Å². The number of unbranched alkanes of at least 4 members (excludes halogenated alkanes) is 1. The third kappa shape index (κ3) is 5.57. The van der Waals surface area contributed by atoms with E-state index in [1.54, 1.807) is 12.4 Å². The lowest BCUT2D eigenvalue weighted by atomic mass is 10.3. The van der Waals surface area contributed by atoms with Crippen molar-refractivity contribution < 1.29 is 8.78 Å². The lowest BCUT2D eigenvalue weighted by Crippen LogP contribution is -2.06. The van der Waals surface area contributed by atoms with Gasteiger partial charge in [0.1, 0.15) is 6.54 Å². The summed E-state index contributed by atoms with van der Waals surface area (Å²) in [4.78, 5) is 0. The minimum absolute atomic E-state index is 0. The lowest BCUT2D eigenvalue weighted by Gasteiger charge is -2.00. The highest BCUT2D eigenvalue weighted by atomic mass is 35.5. The maximum absolute atomic E-state index is 12.0. The molecular weight excluding hydrogens is 224 g/mol. The second kappa shape index (κ2) is 7.45. The number of alkyl halides is 2. The molecule has 0 unspecified atom stereocenters. The molecule has 88 valence electrons. The fraction of sp³-hybridized carbons (Fsp3) is 0.667. The summed E-state index contributed by atoms with van der Waals surface area (Å²) in [5.41, 5.74) is 0.805. The van der Waals surface area contributed by atoms with Crippen molar-refractivity contribution in [2.75, 3.05) is 11.9 Å². The molecule has 0 fully saturated rings. The standard InChI is InChI=1S/C9H15F2N3.ClH/c1-2-3-4-12-8-5-13-14(6-8)7-9(10)11;/h5-6,9,12H,2-4,7H2,1H3;1H. The molecule has 1 heterocycles. The number of rotatable bonds is 6. The third-order valence-corrected chi connectivity index (χ3v) is 1.82. The van der Waals surface area contributed by atoms with Crippen LogP contribution in [-0.2, 0) is 6.54 Å². The molecule has 1 N–H and O–H groups in total. The van der Waals surface area contributed by atoms with Crippen LogP contribution < -0.4 is 5.32 Å². The first kappa shape index (κ1) is 14.2. The SMILES string of the molecule is CCCCNc1cnn(CC(F)F)c1.Cl. The number of hydrogen-bond donors (Lipinski definition) is 1. The number of anilines is 1. The lowest BCUT2D eigenvalue weighted by molar-refractivity contribution is 0.122. The van der Waals surface area contributed by atoms with Crippen LogP contribution in [0.1, 0.15) is 19.8 Å². The molecule has 15 heavy (non-hydrogen) atoms.